The number of aryl methyl sites for hydroxylation is 1. The Morgan fingerprint density at radius 2 is 1.38 bits per heavy atom. The number of carbonyl (C=O) groups is 1. The van der Waals surface area contributed by atoms with E-state index in [1.165, 1.54) is 89.0 Å². The van der Waals surface area contributed by atoms with Gasteiger partial charge in [0.1, 0.15) is 5.75 Å². The van der Waals surface area contributed by atoms with Crippen LogP contribution in [0.25, 0.3) is 0 Å². The predicted octanol–water partition coefficient (Wildman–Crippen LogP) is 7.46. The van der Waals surface area contributed by atoms with Gasteiger partial charge in [-0.25, -0.2) is 0 Å². The normalized spacial score (nSPS) is 10.8. The second kappa shape index (κ2) is 16.2. The quantitative estimate of drug-likeness (QED) is 0.207. The summed E-state index contributed by atoms with van der Waals surface area (Å²) >= 11 is 5.30. The zero-order chi connectivity index (χ0) is 18.9. The van der Waals surface area contributed by atoms with Gasteiger partial charge < -0.3 is 4.74 Å². The van der Waals surface area contributed by atoms with Crippen molar-refractivity contribution in [2.75, 3.05) is 6.61 Å². The fraction of sp³-hybridized carbons (Fsp3) is 0.696. The largest absolute Gasteiger partial charge is 0.484 e. The minimum atomic E-state index is -0.466. The monoisotopic (exact) mass is 380 g/mol. The van der Waals surface area contributed by atoms with Crippen LogP contribution in [0.4, 0.5) is 0 Å². The molecule has 0 unspecified atom stereocenters. The van der Waals surface area contributed by atoms with Crippen molar-refractivity contribution in [3.8, 4) is 5.75 Å². The molecule has 0 fully saturated rings. The lowest BCUT2D eigenvalue weighted by atomic mass is 10.0. The van der Waals surface area contributed by atoms with E-state index in [0.29, 0.717) is 0 Å². The van der Waals surface area contributed by atoms with Crippen LogP contribution < -0.4 is 4.74 Å². The molecule has 0 atom stereocenters. The summed E-state index contributed by atoms with van der Waals surface area (Å²) in [4.78, 5) is 10.8. The maximum absolute atomic E-state index is 10.8. The van der Waals surface area contributed by atoms with Crippen molar-refractivity contribution in [3.05, 3.63) is 29.8 Å². The van der Waals surface area contributed by atoms with Crippen LogP contribution >= 0.6 is 11.6 Å². The molecule has 0 spiro atoms. The van der Waals surface area contributed by atoms with Crippen LogP contribution in [-0.4, -0.2) is 11.8 Å². The molecule has 1 rings (SSSR count). The Hall–Kier alpha value is -1.02. The second-order valence-corrected chi connectivity index (χ2v) is 7.71. The van der Waals surface area contributed by atoms with E-state index in [1.807, 2.05) is 18.2 Å². The molecule has 0 bridgehead atoms. The highest BCUT2D eigenvalue weighted by Crippen LogP contribution is 2.17. The average molecular weight is 381 g/mol. The van der Waals surface area contributed by atoms with Gasteiger partial charge in [0.2, 0.25) is 0 Å². The molecule has 0 aromatic heterocycles. The van der Waals surface area contributed by atoms with Crippen molar-refractivity contribution in [1.82, 2.24) is 0 Å². The Balaban J connectivity index is 1.94. The van der Waals surface area contributed by atoms with Crippen molar-refractivity contribution in [3.63, 3.8) is 0 Å². The van der Waals surface area contributed by atoms with E-state index >= 15 is 0 Å². The summed E-state index contributed by atoms with van der Waals surface area (Å²) in [6.07, 6.45) is 19.0. The first-order valence-electron chi connectivity index (χ1n) is 10.6. The molecule has 1 aromatic rings. The zero-order valence-electron chi connectivity index (χ0n) is 16.6. The number of rotatable bonds is 17. The highest BCUT2D eigenvalue weighted by Gasteiger charge is 2.01. The standard InChI is InChI=1S/C23H37ClO2/c1-2-3-4-5-6-7-8-9-10-11-12-13-14-16-21-17-15-18-22(19-21)26-20-23(24)25/h15,17-19H,2-14,16,20H2,1H3. The number of hydrogen-bond donors (Lipinski definition) is 0. The maximum Gasteiger partial charge on any atom is 0.259 e. The number of hydrogen-bond acceptors (Lipinski definition) is 2. The number of carbonyl (C=O) groups excluding carboxylic acids is 1. The first kappa shape index (κ1) is 23.0. The molecule has 0 N–H and O–H groups in total. The molecule has 0 saturated carbocycles. The third kappa shape index (κ3) is 13.2. The van der Waals surface area contributed by atoms with Crippen LogP contribution in [0.3, 0.4) is 0 Å². The lowest BCUT2D eigenvalue weighted by molar-refractivity contribution is -0.113. The Labute approximate surface area is 165 Å². The molecule has 0 aliphatic carbocycles. The Kier molecular flexibility index (Phi) is 14.3. The molecule has 0 aliphatic heterocycles. The Morgan fingerprint density at radius 1 is 0.846 bits per heavy atom. The number of ether oxygens (including phenoxy) is 1. The Bertz CT molecular complexity index is 473. The smallest absolute Gasteiger partial charge is 0.259 e. The van der Waals surface area contributed by atoms with Crippen LogP contribution in [0.5, 0.6) is 5.75 Å². The number of unbranched alkanes of at least 4 members (excludes halogenated alkanes) is 12. The van der Waals surface area contributed by atoms with Crippen molar-refractivity contribution in [2.24, 2.45) is 0 Å². The van der Waals surface area contributed by atoms with Gasteiger partial charge in [0, 0.05) is 0 Å². The van der Waals surface area contributed by atoms with Gasteiger partial charge in [-0.1, -0.05) is 96.1 Å². The molecular weight excluding hydrogens is 344 g/mol. The van der Waals surface area contributed by atoms with Crippen LogP contribution in [0.1, 0.15) is 96.0 Å². The van der Waals surface area contributed by atoms with Crippen molar-refractivity contribution < 1.29 is 9.53 Å². The SMILES string of the molecule is CCCCCCCCCCCCCCCc1cccc(OCC(=O)Cl)c1. The minimum absolute atomic E-state index is 0.0657. The lowest BCUT2D eigenvalue weighted by Gasteiger charge is -2.06. The van der Waals surface area contributed by atoms with Gasteiger partial charge in [-0.05, 0) is 42.1 Å². The molecule has 26 heavy (non-hydrogen) atoms. The van der Waals surface area contributed by atoms with Crippen molar-refractivity contribution in [2.45, 2.75) is 96.8 Å². The zero-order valence-corrected chi connectivity index (χ0v) is 17.4. The fourth-order valence-electron chi connectivity index (χ4n) is 3.28. The summed E-state index contributed by atoms with van der Waals surface area (Å²) in [6, 6.07) is 7.98. The molecule has 0 radical (unpaired) electrons. The van der Waals surface area contributed by atoms with Gasteiger partial charge >= 0.3 is 0 Å². The van der Waals surface area contributed by atoms with Gasteiger partial charge in [0.25, 0.3) is 5.24 Å². The molecule has 0 saturated heterocycles. The van der Waals surface area contributed by atoms with Crippen LogP contribution in [-0.2, 0) is 11.2 Å². The summed E-state index contributed by atoms with van der Waals surface area (Å²) in [5, 5.41) is -0.466. The molecule has 3 heteroatoms. The fourth-order valence-corrected chi connectivity index (χ4v) is 3.33. The van der Waals surface area contributed by atoms with Crippen LogP contribution in [0.2, 0.25) is 0 Å². The van der Waals surface area contributed by atoms with Crippen LogP contribution in [0.15, 0.2) is 24.3 Å². The molecule has 148 valence electrons. The predicted molar refractivity (Wildman–Crippen MR) is 112 cm³/mol. The van der Waals surface area contributed by atoms with Crippen LogP contribution in [0, 0.1) is 0 Å². The number of halogens is 1. The average Bonchev–Trinajstić information content (AvgIpc) is 2.64. The summed E-state index contributed by atoms with van der Waals surface area (Å²) in [5.41, 5.74) is 1.27. The van der Waals surface area contributed by atoms with E-state index in [4.69, 9.17) is 16.3 Å². The minimum Gasteiger partial charge on any atom is -0.484 e. The Morgan fingerprint density at radius 3 is 1.92 bits per heavy atom. The van der Waals surface area contributed by atoms with E-state index < -0.39 is 5.24 Å². The molecule has 0 amide bonds. The second-order valence-electron chi connectivity index (χ2n) is 7.28. The highest BCUT2D eigenvalue weighted by molar-refractivity contribution is 6.63. The highest BCUT2D eigenvalue weighted by atomic mass is 35.5. The molecule has 0 aliphatic rings. The third-order valence-corrected chi connectivity index (χ3v) is 4.93. The summed E-state index contributed by atoms with van der Waals surface area (Å²) in [6.45, 7) is 2.21. The lowest BCUT2D eigenvalue weighted by Crippen LogP contribution is -2.04. The van der Waals surface area contributed by atoms with E-state index in [1.54, 1.807) is 0 Å². The van der Waals surface area contributed by atoms with E-state index in [2.05, 4.69) is 13.0 Å². The van der Waals surface area contributed by atoms with E-state index in [-0.39, 0.29) is 6.61 Å². The summed E-state index contributed by atoms with van der Waals surface area (Å²) in [7, 11) is 0. The molecule has 1 aromatic carbocycles. The molecule has 2 nitrogen and oxygen atoms in total. The molecule has 0 heterocycles. The van der Waals surface area contributed by atoms with Gasteiger partial charge in [0.15, 0.2) is 6.61 Å². The van der Waals surface area contributed by atoms with Gasteiger partial charge in [-0.3, -0.25) is 4.79 Å². The van der Waals surface area contributed by atoms with Gasteiger partial charge in [-0.2, -0.15) is 0 Å². The summed E-state index contributed by atoms with van der Waals surface area (Å²) < 4.78 is 5.35. The maximum atomic E-state index is 10.8. The third-order valence-electron chi connectivity index (χ3n) is 4.82. The first-order chi connectivity index (χ1) is 12.7. The summed E-state index contributed by atoms with van der Waals surface area (Å²) in [5.74, 6) is 0.728. The van der Waals surface area contributed by atoms with Crippen molar-refractivity contribution >= 4 is 16.8 Å². The van der Waals surface area contributed by atoms with Gasteiger partial charge in [-0.15, -0.1) is 0 Å². The van der Waals surface area contributed by atoms with Crippen molar-refractivity contribution in [1.29, 1.82) is 0 Å². The topological polar surface area (TPSA) is 26.3 Å². The molecular formula is C23H37ClO2. The van der Waals surface area contributed by atoms with E-state index in [9.17, 15) is 4.79 Å². The van der Waals surface area contributed by atoms with E-state index in [0.717, 1.165) is 12.2 Å². The number of benzene rings is 1. The van der Waals surface area contributed by atoms with Gasteiger partial charge in [0.05, 0.1) is 0 Å². The first-order valence-corrected chi connectivity index (χ1v) is 11.0.